The molecule has 2 aliphatic carbocycles. The smallest absolute Gasteiger partial charge is 0.269 e. The van der Waals surface area contributed by atoms with Crippen LogP contribution in [0.4, 0.5) is 11.4 Å². The molecular formula is C41H57N11O4. The van der Waals surface area contributed by atoms with Crippen molar-refractivity contribution in [1.29, 1.82) is 0 Å². The van der Waals surface area contributed by atoms with Crippen LogP contribution in [0.3, 0.4) is 0 Å². The van der Waals surface area contributed by atoms with E-state index >= 15 is 0 Å². The molecule has 5 heterocycles. The molecule has 56 heavy (non-hydrogen) atoms. The highest BCUT2D eigenvalue weighted by Crippen LogP contribution is 2.44. The maximum atomic E-state index is 13.0. The second-order valence-corrected chi connectivity index (χ2v) is 15.0. The van der Waals surface area contributed by atoms with E-state index in [9.17, 15) is 14.4 Å². The molecule has 7 N–H and O–H groups in total. The Bertz CT molecular complexity index is 1940. The van der Waals surface area contributed by atoms with Crippen LogP contribution in [0, 0.1) is 5.92 Å². The summed E-state index contributed by atoms with van der Waals surface area (Å²) in [6.07, 6.45) is 8.19. The van der Waals surface area contributed by atoms with E-state index in [4.69, 9.17) is 21.3 Å². The van der Waals surface area contributed by atoms with Gasteiger partial charge >= 0.3 is 0 Å². The van der Waals surface area contributed by atoms with Gasteiger partial charge in [0.05, 0.1) is 60.0 Å². The van der Waals surface area contributed by atoms with Crippen LogP contribution in [0.15, 0.2) is 65.9 Å². The number of allylic oxidation sites excluding steroid dienone is 1. The molecular weight excluding hydrogens is 711 g/mol. The first-order valence-corrected chi connectivity index (χ1v) is 19.8. The number of hydrogen-bond acceptors (Lipinski definition) is 12. The van der Waals surface area contributed by atoms with Gasteiger partial charge in [0.15, 0.2) is 6.29 Å². The summed E-state index contributed by atoms with van der Waals surface area (Å²) in [5.74, 6) is -0.418. The number of amides is 2. The Morgan fingerprint density at radius 1 is 1.00 bits per heavy atom. The minimum Gasteiger partial charge on any atom is -0.393 e. The van der Waals surface area contributed by atoms with Gasteiger partial charge in [-0.15, -0.1) is 0 Å². The Morgan fingerprint density at radius 2 is 1.75 bits per heavy atom. The molecule has 2 aromatic heterocycles. The van der Waals surface area contributed by atoms with Crippen LogP contribution in [0.5, 0.6) is 0 Å². The number of anilines is 2. The number of nitrogens with one attached hydrogen (secondary N) is 3. The number of para-hydroxylation sites is 1. The fourth-order valence-corrected chi connectivity index (χ4v) is 7.08. The van der Waals surface area contributed by atoms with E-state index < -0.39 is 0 Å². The van der Waals surface area contributed by atoms with E-state index in [1.54, 1.807) is 6.07 Å². The zero-order chi connectivity index (χ0) is 39.9. The van der Waals surface area contributed by atoms with Crippen LogP contribution in [-0.2, 0) is 27.4 Å². The lowest BCUT2D eigenvalue weighted by molar-refractivity contribution is -0.121. The average molecular weight is 768 g/mol. The number of morpholine rings is 1. The number of ether oxygens (including phenoxy) is 1. The number of pyridine rings is 1. The van der Waals surface area contributed by atoms with E-state index in [1.807, 2.05) is 51.4 Å². The van der Waals surface area contributed by atoms with Gasteiger partial charge in [-0.25, -0.2) is 4.98 Å². The first kappa shape index (κ1) is 40.4. The molecule has 0 spiro atoms. The van der Waals surface area contributed by atoms with Crippen molar-refractivity contribution < 1.29 is 19.1 Å². The summed E-state index contributed by atoms with van der Waals surface area (Å²) in [6, 6.07) is 11.8. The number of likely N-dealkylation sites (N-methyl/N-ethyl adjacent to an activating group) is 1. The third-order valence-corrected chi connectivity index (χ3v) is 10.3. The number of nitrogens with zero attached hydrogens (tertiary/aromatic N) is 6. The molecule has 2 saturated heterocycles. The van der Waals surface area contributed by atoms with E-state index in [0.717, 1.165) is 98.6 Å². The normalized spacial score (nSPS) is 20.1. The van der Waals surface area contributed by atoms with Gasteiger partial charge in [-0.2, -0.15) is 5.10 Å². The number of benzene rings is 1. The number of rotatable bonds is 11. The number of aldehydes is 1. The molecule has 8 rings (SSSR count). The standard InChI is InChI=1S/C33H38N10O3.C6H13NO.C2H6/c1-41-17-28-25(13-36-43(28)23-15-42(16-23)14-21-4-2-5-22(18-44)37-21)24-6-3-7-26(31(24)41)39-27(30(35)33(46)38-20-10-11-20)12-29(34)40-32(45)19-8-9-19;1-6-5-7(2)3-4-8-6;1-2/h2-7,12-13,18-20,23,39H,8-11,14-17,34-35H2,1H3,(H,38,46)(H,40,45);6H,3-5H2,1-2H3;1-2H3/b29-12+,30-27+;;/t;6-;/m.1./s1. The molecule has 3 aliphatic heterocycles. The van der Waals surface area contributed by atoms with Crippen molar-refractivity contribution >= 4 is 29.5 Å². The number of nitrogens with two attached hydrogens (primary N) is 2. The van der Waals surface area contributed by atoms with Crippen molar-refractivity contribution in [2.45, 2.75) is 77.7 Å². The third-order valence-electron chi connectivity index (χ3n) is 10.3. The number of likely N-dealkylation sites (tertiary alicyclic amines) is 1. The largest absolute Gasteiger partial charge is 0.393 e. The highest BCUT2D eigenvalue weighted by Gasteiger charge is 2.35. The minimum atomic E-state index is -0.383. The third kappa shape index (κ3) is 9.94. The monoisotopic (exact) mass is 767 g/mol. The molecule has 4 fully saturated rings. The van der Waals surface area contributed by atoms with Gasteiger partial charge in [-0.05, 0) is 57.9 Å². The van der Waals surface area contributed by atoms with E-state index in [1.165, 1.54) is 6.08 Å². The van der Waals surface area contributed by atoms with E-state index in [2.05, 4.69) is 60.4 Å². The number of carbonyl (C=O) groups is 3. The second-order valence-electron chi connectivity index (χ2n) is 15.0. The second kappa shape index (κ2) is 18.1. The van der Waals surface area contributed by atoms with Crippen LogP contribution < -0.4 is 32.3 Å². The minimum absolute atomic E-state index is 0.0114. The molecule has 0 unspecified atom stereocenters. The molecule has 0 radical (unpaired) electrons. The lowest BCUT2D eigenvalue weighted by Gasteiger charge is -2.40. The number of aromatic nitrogens is 3. The molecule has 1 aromatic carbocycles. The summed E-state index contributed by atoms with van der Waals surface area (Å²) in [7, 11) is 4.15. The van der Waals surface area contributed by atoms with E-state index in [0.29, 0.717) is 30.6 Å². The number of carbonyl (C=O) groups excluding carboxylic acids is 3. The summed E-state index contributed by atoms with van der Waals surface area (Å²) in [6.45, 7) is 12.2. The van der Waals surface area contributed by atoms with Crippen molar-refractivity contribution in [1.82, 2.24) is 35.2 Å². The van der Waals surface area contributed by atoms with Crippen LogP contribution in [0.2, 0.25) is 0 Å². The quantitative estimate of drug-likeness (QED) is 0.109. The summed E-state index contributed by atoms with van der Waals surface area (Å²) < 4.78 is 7.43. The first-order valence-electron chi connectivity index (χ1n) is 19.8. The SMILES string of the molecule is CC.CN1Cc2c(cnn2C2CN(Cc3cccc(C=O)n3)C2)-c2cccc(NC(/C=C(\N)NC(=O)C3CC3)=C(/N)C(=O)NC3CC3)c21.C[C@@H]1CN(C)CCO1. The van der Waals surface area contributed by atoms with Gasteiger partial charge in [-0.1, -0.05) is 32.0 Å². The van der Waals surface area contributed by atoms with Gasteiger partial charge in [0, 0.05) is 68.9 Å². The summed E-state index contributed by atoms with van der Waals surface area (Å²) in [5, 5.41) is 13.8. The molecule has 0 bridgehead atoms. The van der Waals surface area contributed by atoms with Gasteiger partial charge < -0.3 is 42.0 Å². The van der Waals surface area contributed by atoms with Gasteiger partial charge in [0.2, 0.25) is 5.91 Å². The topological polar surface area (TPSA) is 189 Å². The Balaban J connectivity index is 0.000000469. The predicted molar refractivity (Wildman–Crippen MR) is 217 cm³/mol. The molecule has 300 valence electrons. The summed E-state index contributed by atoms with van der Waals surface area (Å²) in [5.41, 5.74) is 19.1. The zero-order valence-electron chi connectivity index (χ0n) is 33.3. The zero-order valence-corrected chi connectivity index (χ0v) is 33.3. The number of fused-ring (bicyclic) bond motifs is 3. The van der Waals surface area contributed by atoms with Crippen molar-refractivity contribution in [2.24, 2.45) is 17.4 Å². The van der Waals surface area contributed by atoms with Crippen LogP contribution in [0.25, 0.3) is 11.1 Å². The Kier molecular flexibility index (Phi) is 13.1. The Morgan fingerprint density at radius 3 is 2.41 bits per heavy atom. The fraction of sp³-hybridized carbons (Fsp3) is 0.488. The molecule has 2 saturated carbocycles. The van der Waals surface area contributed by atoms with Crippen LogP contribution in [-0.4, -0.2) is 102 Å². The molecule has 15 heteroatoms. The molecule has 2 amide bonds. The van der Waals surface area contributed by atoms with Gasteiger partial charge in [0.1, 0.15) is 17.2 Å². The highest BCUT2D eigenvalue weighted by atomic mass is 16.5. The Hall–Kier alpha value is -5.25. The summed E-state index contributed by atoms with van der Waals surface area (Å²) >= 11 is 0. The lowest BCUT2D eigenvalue weighted by Crippen LogP contribution is -2.48. The van der Waals surface area contributed by atoms with Crippen molar-refractivity contribution in [3.63, 3.8) is 0 Å². The van der Waals surface area contributed by atoms with Crippen molar-refractivity contribution in [3.05, 3.63) is 83.0 Å². The average Bonchev–Trinajstić information content (AvgIpc) is 4.12. The van der Waals surface area contributed by atoms with Crippen molar-refractivity contribution in [2.75, 3.05) is 57.1 Å². The maximum Gasteiger partial charge on any atom is 0.269 e. The predicted octanol–water partition coefficient (Wildman–Crippen LogP) is 3.31. The Labute approximate surface area is 329 Å². The first-order chi connectivity index (χ1) is 27.1. The van der Waals surface area contributed by atoms with Crippen molar-refractivity contribution in [3.8, 4) is 11.1 Å². The van der Waals surface area contributed by atoms with E-state index in [-0.39, 0.29) is 41.3 Å². The highest BCUT2D eigenvalue weighted by molar-refractivity contribution is 5.96. The van der Waals surface area contributed by atoms with Crippen LogP contribution in [0.1, 0.15) is 74.4 Å². The molecule has 15 nitrogen and oxygen atoms in total. The fourth-order valence-electron chi connectivity index (χ4n) is 7.08. The lowest BCUT2D eigenvalue weighted by atomic mass is 9.97. The van der Waals surface area contributed by atoms with Gasteiger partial charge in [-0.3, -0.25) is 24.0 Å². The summed E-state index contributed by atoms with van der Waals surface area (Å²) in [4.78, 5) is 47.6. The molecule has 1 atom stereocenters. The number of hydrogen-bond donors (Lipinski definition) is 5. The molecule has 5 aliphatic rings. The maximum absolute atomic E-state index is 13.0. The van der Waals surface area contributed by atoms with Gasteiger partial charge in [0.25, 0.3) is 5.91 Å². The van der Waals surface area contributed by atoms with Crippen LogP contribution >= 0.6 is 0 Å². The molecule has 3 aromatic rings.